The molecule has 88 valence electrons. The van der Waals surface area contributed by atoms with Crippen LogP contribution in [0.25, 0.3) is 0 Å². The fraction of sp³-hybridized carbons (Fsp3) is 0.250. The number of benzene rings is 1. The summed E-state index contributed by atoms with van der Waals surface area (Å²) in [6, 6.07) is 5.96. The maximum atomic E-state index is 12.0. The molecule has 1 heterocycles. The van der Waals surface area contributed by atoms with Crippen molar-refractivity contribution in [2.75, 3.05) is 11.9 Å². The Balaban J connectivity index is 2.31. The zero-order valence-corrected chi connectivity index (χ0v) is 10.1. The van der Waals surface area contributed by atoms with Crippen molar-refractivity contribution in [2.45, 2.75) is 13.8 Å². The molecule has 0 bridgehead atoms. The number of rotatable bonds is 2. The molecule has 0 spiro atoms. The summed E-state index contributed by atoms with van der Waals surface area (Å²) < 4.78 is 0. The van der Waals surface area contributed by atoms with E-state index in [4.69, 9.17) is 0 Å². The minimum atomic E-state index is -0.175. The van der Waals surface area contributed by atoms with Gasteiger partial charge in [-0.2, -0.15) is 15.4 Å². The summed E-state index contributed by atoms with van der Waals surface area (Å²) in [6.07, 6.45) is 1.42. The number of H-pyrrole nitrogens is 1. The summed E-state index contributed by atoms with van der Waals surface area (Å²) in [5.74, 6) is -0.175. The lowest BCUT2D eigenvalue weighted by molar-refractivity contribution is 0.0988. The average Bonchev–Trinajstić information content (AvgIpc) is 2.80. The smallest absolute Gasteiger partial charge is 0.280 e. The van der Waals surface area contributed by atoms with Gasteiger partial charge in [-0.1, -0.05) is 17.7 Å². The van der Waals surface area contributed by atoms with Crippen molar-refractivity contribution in [3.63, 3.8) is 0 Å². The molecule has 1 N–H and O–H groups in total. The fourth-order valence-corrected chi connectivity index (χ4v) is 1.77. The summed E-state index contributed by atoms with van der Waals surface area (Å²) in [6.45, 7) is 4.01. The zero-order valence-electron chi connectivity index (χ0n) is 10.1. The van der Waals surface area contributed by atoms with E-state index in [2.05, 4.69) is 15.4 Å². The van der Waals surface area contributed by atoms with Crippen molar-refractivity contribution >= 4 is 11.6 Å². The first-order valence-electron chi connectivity index (χ1n) is 5.30. The first kappa shape index (κ1) is 11.3. The second-order valence-corrected chi connectivity index (χ2v) is 4.01. The minimum absolute atomic E-state index is 0.175. The Hall–Kier alpha value is -2.17. The van der Waals surface area contributed by atoms with Crippen LogP contribution >= 0.6 is 0 Å². The molecule has 1 aromatic heterocycles. The minimum Gasteiger partial charge on any atom is -0.310 e. The number of aryl methyl sites for hydroxylation is 2. The lowest BCUT2D eigenvalue weighted by Crippen LogP contribution is -2.27. The quantitative estimate of drug-likeness (QED) is 0.854. The maximum Gasteiger partial charge on any atom is 0.280 e. The standard InChI is InChI=1S/C12H14N4O/c1-8-4-5-11(9(2)6-8)16(3)12(17)10-7-13-15-14-10/h4-7H,1-3H3,(H,13,14,15). The van der Waals surface area contributed by atoms with Crippen molar-refractivity contribution in [1.29, 1.82) is 0 Å². The first-order valence-corrected chi connectivity index (χ1v) is 5.30. The van der Waals surface area contributed by atoms with Crippen molar-refractivity contribution < 1.29 is 4.79 Å². The Morgan fingerprint density at radius 3 is 2.71 bits per heavy atom. The summed E-state index contributed by atoms with van der Waals surface area (Å²) in [5, 5.41) is 9.85. The Morgan fingerprint density at radius 1 is 1.35 bits per heavy atom. The van der Waals surface area contributed by atoms with Crippen LogP contribution in [-0.4, -0.2) is 28.4 Å². The SMILES string of the molecule is Cc1ccc(N(C)C(=O)c2cn[nH]n2)c(C)c1. The predicted molar refractivity (Wildman–Crippen MR) is 65.0 cm³/mol. The predicted octanol–water partition coefficient (Wildman–Crippen LogP) is 1.70. The van der Waals surface area contributed by atoms with Gasteiger partial charge >= 0.3 is 0 Å². The summed E-state index contributed by atoms with van der Waals surface area (Å²) in [5.41, 5.74) is 3.42. The van der Waals surface area contributed by atoms with Gasteiger partial charge in [-0.3, -0.25) is 4.79 Å². The maximum absolute atomic E-state index is 12.0. The monoisotopic (exact) mass is 230 g/mol. The summed E-state index contributed by atoms with van der Waals surface area (Å²) in [4.78, 5) is 13.6. The fourth-order valence-electron chi connectivity index (χ4n) is 1.77. The molecule has 2 aromatic rings. The Bertz CT molecular complexity index is 533. The third-order valence-electron chi connectivity index (χ3n) is 2.65. The van der Waals surface area contributed by atoms with Gasteiger partial charge in [-0.05, 0) is 25.5 Å². The molecule has 0 radical (unpaired) electrons. The molecule has 0 aliphatic rings. The van der Waals surface area contributed by atoms with E-state index in [1.54, 1.807) is 11.9 Å². The number of hydrogen-bond acceptors (Lipinski definition) is 3. The largest absolute Gasteiger partial charge is 0.310 e. The summed E-state index contributed by atoms with van der Waals surface area (Å²) in [7, 11) is 1.73. The van der Waals surface area contributed by atoms with Gasteiger partial charge in [0.1, 0.15) is 0 Å². The molecule has 1 aromatic carbocycles. The molecule has 0 saturated carbocycles. The van der Waals surface area contributed by atoms with Crippen molar-refractivity contribution in [2.24, 2.45) is 0 Å². The van der Waals surface area contributed by atoms with E-state index in [1.807, 2.05) is 32.0 Å². The second kappa shape index (κ2) is 4.37. The number of amides is 1. The number of carbonyl (C=O) groups excluding carboxylic acids is 1. The highest BCUT2D eigenvalue weighted by molar-refractivity contribution is 6.04. The van der Waals surface area contributed by atoms with E-state index in [0.29, 0.717) is 5.69 Å². The van der Waals surface area contributed by atoms with E-state index in [0.717, 1.165) is 11.3 Å². The van der Waals surface area contributed by atoms with Crippen LogP contribution in [0.3, 0.4) is 0 Å². The van der Waals surface area contributed by atoms with Crippen LogP contribution < -0.4 is 4.90 Å². The molecule has 2 rings (SSSR count). The molecular weight excluding hydrogens is 216 g/mol. The number of nitrogens with zero attached hydrogens (tertiary/aromatic N) is 3. The van der Waals surface area contributed by atoms with Crippen LogP contribution in [0.1, 0.15) is 21.6 Å². The van der Waals surface area contributed by atoms with Crippen molar-refractivity contribution in [1.82, 2.24) is 15.4 Å². The normalized spacial score (nSPS) is 10.3. The summed E-state index contributed by atoms with van der Waals surface area (Å²) >= 11 is 0. The number of aromatic amines is 1. The first-order chi connectivity index (χ1) is 8.09. The van der Waals surface area contributed by atoms with Gasteiger partial charge in [0.2, 0.25) is 0 Å². The number of hydrogen-bond donors (Lipinski definition) is 1. The van der Waals surface area contributed by atoms with Gasteiger partial charge < -0.3 is 4.90 Å². The Labute approximate surface area is 99.5 Å². The number of anilines is 1. The second-order valence-electron chi connectivity index (χ2n) is 4.01. The molecule has 0 saturated heterocycles. The lowest BCUT2D eigenvalue weighted by Gasteiger charge is -2.18. The van der Waals surface area contributed by atoms with E-state index < -0.39 is 0 Å². The van der Waals surface area contributed by atoms with Gasteiger partial charge in [-0.15, -0.1) is 0 Å². The van der Waals surface area contributed by atoms with Gasteiger partial charge in [0.25, 0.3) is 5.91 Å². The molecule has 5 heteroatoms. The van der Waals surface area contributed by atoms with E-state index in [1.165, 1.54) is 11.8 Å². The topological polar surface area (TPSA) is 61.9 Å². The highest BCUT2D eigenvalue weighted by Gasteiger charge is 2.17. The molecule has 5 nitrogen and oxygen atoms in total. The molecular formula is C12H14N4O. The molecule has 0 aliphatic heterocycles. The van der Waals surface area contributed by atoms with Crippen molar-refractivity contribution in [3.05, 3.63) is 41.2 Å². The average molecular weight is 230 g/mol. The van der Waals surface area contributed by atoms with Gasteiger partial charge in [0.15, 0.2) is 5.69 Å². The van der Waals surface area contributed by atoms with Crippen LogP contribution in [0, 0.1) is 13.8 Å². The molecule has 17 heavy (non-hydrogen) atoms. The zero-order chi connectivity index (χ0) is 12.4. The highest BCUT2D eigenvalue weighted by Crippen LogP contribution is 2.21. The molecule has 0 aliphatic carbocycles. The number of aromatic nitrogens is 3. The molecule has 0 atom stereocenters. The Morgan fingerprint density at radius 2 is 2.12 bits per heavy atom. The third-order valence-corrected chi connectivity index (χ3v) is 2.65. The van der Waals surface area contributed by atoms with Crippen LogP contribution in [0.4, 0.5) is 5.69 Å². The van der Waals surface area contributed by atoms with Crippen molar-refractivity contribution in [3.8, 4) is 0 Å². The Kier molecular flexibility index (Phi) is 2.91. The van der Waals surface area contributed by atoms with Crippen LogP contribution in [0.2, 0.25) is 0 Å². The number of carbonyl (C=O) groups is 1. The van der Waals surface area contributed by atoms with Crippen LogP contribution in [-0.2, 0) is 0 Å². The molecule has 0 unspecified atom stereocenters. The van der Waals surface area contributed by atoms with Gasteiger partial charge in [0.05, 0.1) is 6.20 Å². The van der Waals surface area contributed by atoms with Crippen LogP contribution in [0.15, 0.2) is 24.4 Å². The lowest BCUT2D eigenvalue weighted by atomic mass is 10.1. The molecule has 0 fully saturated rings. The van der Waals surface area contributed by atoms with Gasteiger partial charge in [-0.25, -0.2) is 0 Å². The number of nitrogens with one attached hydrogen (secondary N) is 1. The van der Waals surface area contributed by atoms with Gasteiger partial charge in [0, 0.05) is 12.7 Å². The van der Waals surface area contributed by atoms with E-state index >= 15 is 0 Å². The van der Waals surface area contributed by atoms with Crippen LogP contribution in [0.5, 0.6) is 0 Å². The highest BCUT2D eigenvalue weighted by atomic mass is 16.2. The van der Waals surface area contributed by atoms with E-state index in [-0.39, 0.29) is 5.91 Å². The van der Waals surface area contributed by atoms with E-state index in [9.17, 15) is 4.79 Å². The third kappa shape index (κ3) is 2.18. The molecule has 1 amide bonds.